The highest BCUT2D eigenvalue weighted by Crippen LogP contribution is 2.48. The molecule has 2 fully saturated rings. The maximum Gasteiger partial charge on any atom is 0.226 e. The molecule has 0 unspecified atom stereocenters. The zero-order valence-electron chi connectivity index (χ0n) is 14.0. The summed E-state index contributed by atoms with van der Waals surface area (Å²) in [6.07, 6.45) is 3.00. The van der Waals surface area contributed by atoms with E-state index in [2.05, 4.69) is 13.8 Å². The van der Waals surface area contributed by atoms with Gasteiger partial charge in [-0.3, -0.25) is 4.79 Å². The highest BCUT2D eigenvalue weighted by atomic mass is 19.1. The molecule has 1 aromatic carbocycles. The first-order chi connectivity index (χ1) is 11.0. The van der Waals surface area contributed by atoms with E-state index in [4.69, 9.17) is 4.74 Å². The number of halogens is 1. The summed E-state index contributed by atoms with van der Waals surface area (Å²) in [6.45, 7) is 6.67. The zero-order chi connectivity index (χ0) is 16.4. The predicted octanol–water partition coefficient (Wildman–Crippen LogP) is 3.59. The second-order valence-corrected chi connectivity index (χ2v) is 7.26. The Morgan fingerprint density at radius 3 is 2.74 bits per heavy atom. The fourth-order valence-electron chi connectivity index (χ4n) is 3.38. The number of hydrogen-bond donors (Lipinski definition) is 0. The third-order valence-corrected chi connectivity index (χ3v) is 4.80. The van der Waals surface area contributed by atoms with Gasteiger partial charge in [0, 0.05) is 25.6 Å². The van der Waals surface area contributed by atoms with E-state index in [-0.39, 0.29) is 23.6 Å². The summed E-state index contributed by atoms with van der Waals surface area (Å²) in [6, 6.07) is 6.66. The Bertz CT molecular complexity index is 552. The Labute approximate surface area is 137 Å². The molecule has 0 N–H and O–H groups in total. The van der Waals surface area contributed by atoms with E-state index >= 15 is 0 Å². The van der Waals surface area contributed by atoms with Crippen LogP contribution < -0.4 is 0 Å². The molecule has 4 heteroatoms. The van der Waals surface area contributed by atoms with Crippen LogP contribution in [0.2, 0.25) is 0 Å². The summed E-state index contributed by atoms with van der Waals surface area (Å²) in [5.41, 5.74) is 0.957. The second-order valence-electron chi connectivity index (χ2n) is 7.26. The second kappa shape index (κ2) is 7.00. The van der Waals surface area contributed by atoms with Gasteiger partial charge in [0.05, 0.1) is 6.10 Å². The minimum atomic E-state index is -0.219. The quantitative estimate of drug-likeness (QED) is 0.830. The first-order valence-corrected chi connectivity index (χ1v) is 8.70. The normalized spacial score (nSPS) is 25.0. The summed E-state index contributed by atoms with van der Waals surface area (Å²) < 4.78 is 19.2. The maximum atomic E-state index is 13.3. The number of amides is 1. The number of nitrogens with zero attached hydrogens (tertiary/aromatic N) is 1. The number of carbonyl (C=O) groups excluding carboxylic acids is 1. The van der Waals surface area contributed by atoms with Gasteiger partial charge in [0.25, 0.3) is 0 Å². The van der Waals surface area contributed by atoms with Crippen LogP contribution in [0.25, 0.3) is 0 Å². The van der Waals surface area contributed by atoms with Gasteiger partial charge in [-0.2, -0.15) is 0 Å². The summed E-state index contributed by atoms with van der Waals surface area (Å²) in [7, 11) is 0. The SMILES string of the molecule is CC(C)COC1CCN(C(=O)[C@@H]2C[C@@H]2c2cccc(F)c2)CC1. The molecule has 23 heavy (non-hydrogen) atoms. The van der Waals surface area contributed by atoms with E-state index in [1.807, 2.05) is 11.0 Å². The number of ether oxygens (including phenoxy) is 1. The van der Waals surface area contributed by atoms with Crippen LogP contribution in [0.4, 0.5) is 4.39 Å². The van der Waals surface area contributed by atoms with Crippen LogP contribution in [0.5, 0.6) is 0 Å². The van der Waals surface area contributed by atoms with E-state index < -0.39 is 0 Å². The molecule has 1 aliphatic carbocycles. The highest BCUT2D eigenvalue weighted by molar-refractivity contribution is 5.83. The van der Waals surface area contributed by atoms with Crippen LogP contribution in [0, 0.1) is 17.7 Å². The van der Waals surface area contributed by atoms with Crippen LogP contribution in [0.3, 0.4) is 0 Å². The lowest BCUT2D eigenvalue weighted by molar-refractivity contribution is -0.135. The molecular formula is C19H26FNO2. The lowest BCUT2D eigenvalue weighted by Crippen LogP contribution is -2.42. The van der Waals surface area contributed by atoms with Crippen LogP contribution >= 0.6 is 0 Å². The predicted molar refractivity (Wildman–Crippen MR) is 87.6 cm³/mol. The molecule has 1 heterocycles. The highest BCUT2D eigenvalue weighted by Gasteiger charge is 2.46. The zero-order valence-corrected chi connectivity index (χ0v) is 14.0. The number of piperidine rings is 1. The van der Waals surface area contributed by atoms with Gasteiger partial charge < -0.3 is 9.64 Å². The Kier molecular flexibility index (Phi) is 5.00. The molecule has 1 saturated carbocycles. The Balaban J connectivity index is 1.47. The van der Waals surface area contributed by atoms with Gasteiger partial charge in [-0.1, -0.05) is 26.0 Å². The standard InChI is InChI=1S/C19H26FNO2/c1-13(2)12-23-16-6-8-21(9-7-16)19(22)18-11-17(18)14-4-3-5-15(20)10-14/h3-5,10,13,16-18H,6-9,11-12H2,1-2H3/t17-,18-/m1/s1. The molecule has 0 spiro atoms. The molecule has 0 radical (unpaired) electrons. The topological polar surface area (TPSA) is 29.5 Å². The van der Waals surface area contributed by atoms with E-state index in [1.54, 1.807) is 12.1 Å². The van der Waals surface area contributed by atoms with Crippen molar-refractivity contribution in [2.75, 3.05) is 19.7 Å². The number of likely N-dealkylation sites (tertiary alicyclic amines) is 1. The first kappa shape index (κ1) is 16.4. The smallest absolute Gasteiger partial charge is 0.226 e. The fraction of sp³-hybridized carbons (Fsp3) is 0.632. The Morgan fingerprint density at radius 2 is 2.09 bits per heavy atom. The van der Waals surface area contributed by atoms with Crippen molar-refractivity contribution in [3.8, 4) is 0 Å². The van der Waals surface area contributed by atoms with Gasteiger partial charge in [-0.05, 0) is 48.8 Å². The van der Waals surface area contributed by atoms with E-state index in [1.165, 1.54) is 6.07 Å². The maximum absolute atomic E-state index is 13.3. The molecule has 0 bridgehead atoms. The van der Waals surface area contributed by atoms with Crippen molar-refractivity contribution in [1.29, 1.82) is 0 Å². The van der Waals surface area contributed by atoms with Crippen molar-refractivity contribution in [3.63, 3.8) is 0 Å². The van der Waals surface area contributed by atoms with Crippen molar-refractivity contribution < 1.29 is 13.9 Å². The molecule has 1 amide bonds. The van der Waals surface area contributed by atoms with Crippen molar-refractivity contribution in [3.05, 3.63) is 35.6 Å². The molecule has 0 aromatic heterocycles. The third kappa shape index (κ3) is 4.11. The van der Waals surface area contributed by atoms with E-state index in [0.717, 1.165) is 44.5 Å². The number of carbonyl (C=O) groups is 1. The number of rotatable bonds is 5. The fourth-order valence-corrected chi connectivity index (χ4v) is 3.38. The molecule has 1 aromatic rings. The Hall–Kier alpha value is -1.42. The number of benzene rings is 1. The van der Waals surface area contributed by atoms with Gasteiger partial charge >= 0.3 is 0 Å². The average molecular weight is 319 g/mol. The molecule has 1 aliphatic heterocycles. The minimum Gasteiger partial charge on any atom is -0.378 e. The average Bonchev–Trinajstić information content (AvgIpc) is 3.33. The van der Waals surface area contributed by atoms with Crippen LogP contribution in [0.1, 0.15) is 44.6 Å². The van der Waals surface area contributed by atoms with Gasteiger partial charge in [-0.25, -0.2) is 4.39 Å². The summed E-state index contributed by atoms with van der Waals surface area (Å²) in [4.78, 5) is 14.6. The van der Waals surface area contributed by atoms with E-state index in [0.29, 0.717) is 12.0 Å². The van der Waals surface area contributed by atoms with Crippen molar-refractivity contribution in [1.82, 2.24) is 4.90 Å². The Morgan fingerprint density at radius 1 is 1.35 bits per heavy atom. The first-order valence-electron chi connectivity index (χ1n) is 8.70. The lowest BCUT2D eigenvalue weighted by Gasteiger charge is -2.32. The van der Waals surface area contributed by atoms with Crippen molar-refractivity contribution in [2.45, 2.75) is 45.1 Å². The largest absolute Gasteiger partial charge is 0.378 e. The molecule has 3 nitrogen and oxygen atoms in total. The monoisotopic (exact) mass is 319 g/mol. The van der Waals surface area contributed by atoms with Gasteiger partial charge in [0.1, 0.15) is 5.82 Å². The summed E-state index contributed by atoms with van der Waals surface area (Å²) in [5, 5.41) is 0. The molecular weight excluding hydrogens is 293 g/mol. The van der Waals surface area contributed by atoms with Crippen LogP contribution in [0.15, 0.2) is 24.3 Å². The number of hydrogen-bond acceptors (Lipinski definition) is 2. The third-order valence-electron chi connectivity index (χ3n) is 4.80. The van der Waals surface area contributed by atoms with Crippen molar-refractivity contribution >= 4 is 5.91 Å². The van der Waals surface area contributed by atoms with Gasteiger partial charge in [0.15, 0.2) is 0 Å². The van der Waals surface area contributed by atoms with Gasteiger partial charge in [-0.15, -0.1) is 0 Å². The molecule has 126 valence electrons. The lowest BCUT2D eigenvalue weighted by atomic mass is 10.1. The van der Waals surface area contributed by atoms with Crippen LogP contribution in [-0.4, -0.2) is 36.6 Å². The van der Waals surface area contributed by atoms with E-state index in [9.17, 15) is 9.18 Å². The van der Waals surface area contributed by atoms with Crippen molar-refractivity contribution in [2.24, 2.45) is 11.8 Å². The minimum absolute atomic E-state index is 0.0462. The molecule has 2 atom stereocenters. The molecule has 3 rings (SSSR count). The summed E-state index contributed by atoms with van der Waals surface area (Å²) in [5.74, 6) is 0.816. The summed E-state index contributed by atoms with van der Waals surface area (Å²) >= 11 is 0. The van der Waals surface area contributed by atoms with Gasteiger partial charge in [0.2, 0.25) is 5.91 Å². The van der Waals surface area contributed by atoms with Crippen LogP contribution in [-0.2, 0) is 9.53 Å². The molecule has 2 aliphatic rings. The molecule has 1 saturated heterocycles.